The maximum absolute atomic E-state index is 12.0. The van der Waals surface area contributed by atoms with Gasteiger partial charge in [0.1, 0.15) is 5.75 Å². The molecule has 5 heteroatoms. The summed E-state index contributed by atoms with van der Waals surface area (Å²) in [7, 11) is 1.55. The third kappa shape index (κ3) is 4.40. The van der Waals surface area contributed by atoms with Gasteiger partial charge in [-0.05, 0) is 31.5 Å². The fourth-order valence-corrected chi connectivity index (χ4v) is 1.87. The summed E-state index contributed by atoms with van der Waals surface area (Å²) in [6.45, 7) is 3.62. The second kappa shape index (κ2) is 6.78. The topological polar surface area (TPSA) is 58.6 Å². The molecule has 1 atom stereocenters. The average Bonchev–Trinajstić information content (AvgIpc) is 2.38. The number of carbonyl (C=O) groups excluding carboxylic acids is 1. The highest BCUT2D eigenvalue weighted by atomic mass is 35.5. The number of carbonyl (C=O) groups is 1. The highest BCUT2D eigenvalue weighted by Crippen LogP contribution is 2.23. The van der Waals surface area contributed by atoms with E-state index in [-0.39, 0.29) is 18.9 Å². The summed E-state index contributed by atoms with van der Waals surface area (Å²) in [5.41, 5.74) is 0.131. The fourth-order valence-electron chi connectivity index (χ4n) is 1.68. The maximum Gasteiger partial charge on any atom is 0.225 e. The van der Waals surface area contributed by atoms with Crippen molar-refractivity contribution in [2.75, 3.05) is 13.7 Å². The van der Waals surface area contributed by atoms with E-state index < -0.39 is 5.54 Å². The normalized spacial score (nSPS) is 13.7. The Balaban J connectivity index is 2.79. The Morgan fingerprint density at radius 2 is 2.21 bits per heavy atom. The molecule has 0 aliphatic carbocycles. The van der Waals surface area contributed by atoms with Gasteiger partial charge in [0.25, 0.3) is 0 Å². The number of benzene rings is 1. The standard InChI is InChI=1S/C14H20ClNO3/c1-4-14(2,9-17)16-13(18)8-10-7-11(15)5-6-12(10)19-3/h5-7,17H,4,8-9H2,1-3H3,(H,16,18). The van der Waals surface area contributed by atoms with Crippen molar-refractivity contribution in [2.24, 2.45) is 0 Å². The third-order valence-electron chi connectivity index (χ3n) is 3.16. The molecule has 19 heavy (non-hydrogen) atoms. The van der Waals surface area contributed by atoms with Crippen molar-refractivity contribution in [2.45, 2.75) is 32.2 Å². The van der Waals surface area contributed by atoms with Crippen LogP contribution in [0.5, 0.6) is 5.75 Å². The van der Waals surface area contributed by atoms with Crippen LogP contribution in [0.25, 0.3) is 0 Å². The molecule has 1 unspecified atom stereocenters. The van der Waals surface area contributed by atoms with Crippen LogP contribution < -0.4 is 10.1 Å². The predicted octanol–water partition coefficient (Wildman–Crippen LogP) is 2.17. The highest BCUT2D eigenvalue weighted by molar-refractivity contribution is 6.30. The molecular formula is C14H20ClNO3. The number of aliphatic hydroxyl groups excluding tert-OH is 1. The van der Waals surface area contributed by atoms with Crippen LogP contribution in [0.3, 0.4) is 0 Å². The Morgan fingerprint density at radius 3 is 2.74 bits per heavy atom. The first-order valence-corrected chi connectivity index (χ1v) is 6.56. The number of ether oxygens (including phenoxy) is 1. The lowest BCUT2D eigenvalue weighted by atomic mass is 9.99. The molecule has 0 bridgehead atoms. The fraction of sp³-hybridized carbons (Fsp3) is 0.500. The van der Waals surface area contributed by atoms with Crippen molar-refractivity contribution in [3.8, 4) is 5.75 Å². The van der Waals surface area contributed by atoms with Crippen LogP contribution in [0.2, 0.25) is 5.02 Å². The maximum atomic E-state index is 12.0. The lowest BCUT2D eigenvalue weighted by molar-refractivity contribution is -0.122. The van der Waals surface area contributed by atoms with Gasteiger partial charge in [0.05, 0.1) is 25.7 Å². The SMILES string of the molecule is CCC(C)(CO)NC(=O)Cc1cc(Cl)ccc1OC. The lowest BCUT2D eigenvalue weighted by Gasteiger charge is -2.27. The zero-order valence-electron chi connectivity index (χ0n) is 11.5. The molecule has 106 valence electrons. The smallest absolute Gasteiger partial charge is 0.225 e. The van der Waals surface area contributed by atoms with Crippen molar-refractivity contribution in [1.29, 1.82) is 0 Å². The van der Waals surface area contributed by atoms with E-state index in [9.17, 15) is 9.90 Å². The van der Waals surface area contributed by atoms with Crippen molar-refractivity contribution in [3.63, 3.8) is 0 Å². The minimum atomic E-state index is -0.594. The van der Waals surface area contributed by atoms with Crippen LogP contribution in [0.4, 0.5) is 0 Å². The van der Waals surface area contributed by atoms with E-state index in [0.717, 1.165) is 5.56 Å². The van der Waals surface area contributed by atoms with Crippen molar-refractivity contribution in [3.05, 3.63) is 28.8 Å². The van der Waals surface area contributed by atoms with Gasteiger partial charge >= 0.3 is 0 Å². The van der Waals surface area contributed by atoms with Gasteiger partial charge in [-0.15, -0.1) is 0 Å². The van der Waals surface area contributed by atoms with Gasteiger partial charge in [-0.1, -0.05) is 18.5 Å². The molecule has 1 rings (SSSR count). The number of hydrogen-bond donors (Lipinski definition) is 2. The molecule has 0 spiro atoms. The molecule has 1 amide bonds. The summed E-state index contributed by atoms with van der Waals surface area (Å²) < 4.78 is 5.20. The van der Waals surface area contributed by atoms with Gasteiger partial charge in [-0.3, -0.25) is 4.79 Å². The van der Waals surface area contributed by atoms with E-state index in [0.29, 0.717) is 17.2 Å². The monoisotopic (exact) mass is 285 g/mol. The Morgan fingerprint density at radius 1 is 1.53 bits per heavy atom. The van der Waals surface area contributed by atoms with Crippen LogP contribution in [-0.4, -0.2) is 30.3 Å². The lowest BCUT2D eigenvalue weighted by Crippen LogP contribution is -2.48. The zero-order chi connectivity index (χ0) is 14.5. The van der Waals surface area contributed by atoms with E-state index >= 15 is 0 Å². The second-order valence-electron chi connectivity index (χ2n) is 4.75. The largest absolute Gasteiger partial charge is 0.496 e. The van der Waals surface area contributed by atoms with Crippen LogP contribution >= 0.6 is 11.6 Å². The number of aliphatic hydroxyl groups is 1. The van der Waals surface area contributed by atoms with Crippen molar-refractivity contribution >= 4 is 17.5 Å². The Hall–Kier alpha value is -1.26. The number of nitrogens with one attached hydrogen (secondary N) is 1. The summed E-state index contributed by atoms with van der Waals surface area (Å²) in [5, 5.41) is 12.7. The molecule has 0 aliphatic rings. The zero-order valence-corrected chi connectivity index (χ0v) is 12.3. The molecule has 0 saturated heterocycles. The first-order valence-electron chi connectivity index (χ1n) is 6.18. The van der Waals surface area contributed by atoms with Gasteiger partial charge < -0.3 is 15.2 Å². The molecule has 0 aromatic heterocycles. The number of hydrogen-bond acceptors (Lipinski definition) is 3. The van der Waals surface area contributed by atoms with E-state index in [1.807, 2.05) is 6.92 Å². The first-order chi connectivity index (χ1) is 8.94. The van der Waals surface area contributed by atoms with Gasteiger partial charge in [0, 0.05) is 10.6 Å². The highest BCUT2D eigenvalue weighted by Gasteiger charge is 2.23. The van der Waals surface area contributed by atoms with Crippen molar-refractivity contribution < 1.29 is 14.6 Å². The molecule has 0 fully saturated rings. The molecule has 0 radical (unpaired) electrons. The summed E-state index contributed by atoms with van der Waals surface area (Å²) in [4.78, 5) is 12.0. The number of rotatable bonds is 6. The molecular weight excluding hydrogens is 266 g/mol. The molecule has 0 saturated carbocycles. The summed E-state index contributed by atoms with van der Waals surface area (Å²) in [5.74, 6) is 0.459. The van der Waals surface area contributed by atoms with Gasteiger partial charge in [0.2, 0.25) is 5.91 Å². The van der Waals surface area contributed by atoms with Crippen LogP contribution in [0, 0.1) is 0 Å². The molecule has 2 N–H and O–H groups in total. The summed E-state index contributed by atoms with van der Waals surface area (Å²) >= 11 is 5.92. The van der Waals surface area contributed by atoms with E-state index in [1.54, 1.807) is 32.2 Å². The van der Waals surface area contributed by atoms with Crippen LogP contribution in [0.1, 0.15) is 25.8 Å². The van der Waals surface area contributed by atoms with E-state index in [1.165, 1.54) is 0 Å². The molecule has 1 aromatic rings. The summed E-state index contributed by atoms with van der Waals surface area (Å²) in [6.07, 6.45) is 0.821. The van der Waals surface area contributed by atoms with E-state index in [2.05, 4.69) is 5.32 Å². The van der Waals surface area contributed by atoms with Crippen LogP contribution in [-0.2, 0) is 11.2 Å². The number of methoxy groups -OCH3 is 1. The molecule has 0 aliphatic heterocycles. The molecule has 1 aromatic carbocycles. The Bertz CT molecular complexity index is 444. The summed E-state index contributed by atoms with van der Waals surface area (Å²) in [6, 6.07) is 5.16. The number of amides is 1. The second-order valence-corrected chi connectivity index (χ2v) is 5.19. The minimum absolute atomic E-state index is 0.0953. The quantitative estimate of drug-likeness (QED) is 0.842. The predicted molar refractivity (Wildman–Crippen MR) is 75.6 cm³/mol. The molecule has 0 heterocycles. The minimum Gasteiger partial charge on any atom is -0.496 e. The van der Waals surface area contributed by atoms with Gasteiger partial charge in [-0.25, -0.2) is 0 Å². The van der Waals surface area contributed by atoms with Crippen LogP contribution in [0.15, 0.2) is 18.2 Å². The van der Waals surface area contributed by atoms with Gasteiger partial charge in [-0.2, -0.15) is 0 Å². The number of halogens is 1. The molecule has 4 nitrogen and oxygen atoms in total. The third-order valence-corrected chi connectivity index (χ3v) is 3.40. The van der Waals surface area contributed by atoms with Gasteiger partial charge in [0.15, 0.2) is 0 Å². The van der Waals surface area contributed by atoms with E-state index in [4.69, 9.17) is 16.3 Å². The Kier molecular flexibility index (Phi) is 5.63. The Labute approximate surface area is 118 Å². The average molecular weight is 286 g/mol. The van der Waals surface area contributed by atoms with Crippen molar-refractivity contribution in [1.82, 2.24) is 5.32 Å². The first kappa shape index (κ1) is 15.8.